The minimum Gasteiger partial charge on any atom is -0.490 e. The standard InChI is InChI=1S/C30H29Br2N3O3/c1-2-37-27-17-21(16-25(32)28(27)38-19-20-12-14-23(31)15-13-20)18-33-35-29(22-8-4-3-5-9-22)34-26-11-7-6-10-24(26)30(35)36/h6-7,10-18,22H,2-5,8-9,19H2,1H3. The van der Waals surface area contributed by atoms with Gasteiger partial charge in [0.15, 0.2) is 11.5 Å². The third-order valence-electron chi connectivity index (χ3n) is 6.70. The average molecular weight is 639 g/mol. The zero-order valence-electron chi connectivity index (χ0n) is 21.2. The molecule has 6 nitrogen and oxygen atoms in total. The molecule has 0 bridgehead atoms. The lowest BCUT2D eigenvalue weighted by Gasteiger charge is -2.22. The molecule has 1 aliphatic carbocycles. The van der Waals surface area contributed by atoms with Crippen LogP contribution in [0.5, 0.6) is 11.5 Å². The Morgan fingerprint density at radius 3 is 2.55 bits per heavy atom. The molecule has 1 saturated carbocycles. The molecule has 0 N–H and O–H groups in total. The van der Waals surface area contributed by atoms with Gasteiger partial charge in [-0.3, -0.25) is 4.79 Å². The van der Waals surface area contributed by atoms with E-state index in [0.29, 0.717) is 30.1 Å². The minimum absolute atomic E-state index is 0.147. The first-order valence-corrected chi connectivity index (χ1v) is 14.5. The van der Waals surface area contributed by atoms with Gasteiger partial charge in [0.1, 0.15) is 12.4 Å². The van der Waals surface area contributed by atoms with Crippen LogP contribution in [-0.2, 0) is 6.61 Å². The van der Waals surface area contributed by atoms with Crippen LogP contribution in [0.15, 0.2) is 79.5 Å². The summed E-state index contributed by atoms with van der Waals surface area (Å²) in [4.78, 5) is 18.4. The van der Waals surface area contributed by atoms with Gasteiger partial charge in [-0.15, -0.1) is 0 Å². The third kappa shape index (κ3) is 6.02. The van der Waals surface area contributed by atoms with Crippen molar-refractivity contribution in [1.82, 2.24) is 9.66 Å². The molecule has 0 radical (unpaired) electrons. The van der Waals surface area contributed by atoms with Crippen molar-refractivity contribution in [3.05, 3.63) is 96.9 Å². The van der Waals surface area contributed by atoms with Gasteiger partial charge in [-0.05, 0) is 83.2 Å². The lowest BCUT2D eigenvalue weighted by Crippen LogP contribution is -2.25. The molecule has 1 heterocycles. The van der Waals surface area contributed by atoms with Gasteiger partial charge in [0, 0.05) is 10.4 Å². The van der Waals surface area contributed by atoms with Crippen molar-refractivity contribution in [2.45, 2.75) is 51.6 Å². The molecule has 8 heteroatoms. The van der Waals surface area contributed by atoms with Crippen LogP contribution in [0, 0.1) is 0 Å². The molecule has 0 atom stereocenters. The Morgan fingerprint density at radius 2 is 1.79 bits per heavy atom. The van der Waals surface area contributed by atoms with Crippen LogP contribution in [0.3, 0.4) is 0 Å². The number of para-hydroxylation sites is 1. The quantitative estimate of drug-likeness (QED) is 0.185. The van der Waals surface area contributed by atoms with E-state index in [1.54, 1.807) is 6.21 Å². The van der Waals surface area contributed by atoms with Crippen LogP contribution < -0.4 is 15.0 Å². The summed E-state index contributed by atoms with van der Waals surface area (Å²) in [7, 11) is 0. The first-order chi connectivity index (χ1) is 18.5. The number of nitrogens with zero attached hydrogens (tertiary/aromatic N) is 3. The Kier molecular flexibility index (Phi) is 8.59. The SMILES string of the molecule is CCOc1cc(C=Nn2c(C3CCCCC3)nc3ccccc3c2=O)cc(Br)c1OCc1ccc(Br)cc1. The lowest BCUT2D eigenvalue weighted by atomic mass is 9.88. The van der Waals surface area contributed by atoms with Crippen molar-refractivity contribution in [1.29, 1.82) is 0 Å². The van der Waals surface area contributed by atoms with Crippen molar-refractivity contribution in [2.75, 3.05) is 6.61 Å². The molecule has 1 fully saturated rings. The maximum atomic E-state index is 13.5. The van der Waals surface area contributed by atoms with Gasteiger partial charge in [-0.2, -0.15) is 9.78 Å². The van der Waals surface area contributed by atoms with E-state index >= 15 is 0 Å². The van der Waals surface area contributed by atoms with Gasteiger partial charge in [0.2, 0.25) is 0 Å². The van der Waals surface area contributed by atoms with Crippen molar-refractivity contribution >= 4 is 49.0 Å². The molecule has 4 aromatic rings. The number of ether oxygens (including phenoxy) is 2. The van der Waals surface area contributed by atoms with Crippen LogP contribution in [0.4, 0.5) is 0 Å². The van der Waals surface area contributed by atoms with E-state index in [4.69, 9.17) is 14.5 Å². The number of fused-ring (bicyclic) bond motifs is 1. The summed E-state index contributed by atoms with van der Waals surface area (Å²) in [5.41, 5.74) is 2.40. The van der Waals surface area contributed by atoms with Crippen molar-refractivity contribution in [2.24, 2.45) is 5.10 Å². The van der Waals surface area contributed by atoms with Gasteiger partial charge in [0.25, 0.3) is 5.56 Å². The van der Waals surface area contributed by atoms with Gasteiger partial charge in [-0.25, -0.2) is 4.98 Å². The molecule has 1 aliphatic rings. The van der Waals surface area contributed by atoms with Crippen molar-refractivity contribution in [3.8, 4) is 11.5 Å². The number of aromatic nitrogens is 2. The maximum Gasteiger partial charge on any atom is 0.282 e. The summed E-state index contributed by atoms with van der Waals surface area (Å²) in [6.07, 6.45) is 7.24. The van der Waals surface area contributed by atoms with E-state index in [-0.39, 0.29) is 11.5 Å². The van der Waals surface area contributed by atoms with Crippen molar-refractivity contribution < 1.29 is 9.47 Å². The Morgan fingerprint density at radius 1 is 1.03 bits per heavy atom. The van der Waals surface area contributed by atoms with E-state index in [9.17, 15) is 4.79 Å². The summed E-state index contributed by atoms with van der Waals surface area (Å²) in [5, 5.41) is 5.24. The molecule has 38 heavy (non-hydrogen) atoms. The van der Waals surface area contributed by atoms with E-state index in [1.165, 1.54) is 11.1 Å². The van der Waals surface area contributed by atoms with Crippen LogP contribution in [0.1, 0.15) is 61.9 Å². The molecule has 196 valence electrons. The predicted molar refractivity (Wildman–Crippen MR) is 159 cm³/mol. The highest BCUT2D eigenvalue weighted by Crippen LogP contribution is 2.37. The second-order valence-corrected chi connectivity index (χ2v) is 11.1. The van der Waals surface area contributed by atoms with Crippen molar-refractivity contribution in [3.63, 3.8) is 0 Å². The molecule has 0 spiro atoms. The van der Waals surface area contributed by atoms with Gasteiger partial charge < -0.3 is 9.47 Å². The van der Waals surface area contributed by atoms with Gasteiger partial charge in [0.05, 0.1) is 28.2 Å². The zero-order valence-corrected chi connectivity index (χ0v) is 24.4. The number of benzene rings is 3. The third-order valence-corrected chi connectivity index (χ3v) is 7.82. The number of hydrogen-bond acceptors (Lipinski definition) is 5. The molecule has 0 unspecified atom stereocenters. The summed E-state index contributed by atoms with van der Waals surface area (Å²) in [6.45, 7) is 2.83. The van der Waals surface area contributed by atoms with Crippen LogP contribution in [-0.4, -0.2) is 22.5 Å². The first-order valence-electron chi connectivity index (χ1n) is 12.9. The fraction of sp³-hybridized carbons (Fsp3) is 0.300. The highest BCUT2D eigenvalue weighted by molar-refractivity contribution is 9.10. The molecule has 0 aliphatic heterocycles. The Balaban J connectivity index is 1.48. The second kappa shape index (κ2) is 12.3. The summed E-state index contributed by atoms with van der Waals surface area (Å²) in [5.74, 6) is 2.19. The monoisotopic (exact) mass is 637 g/mol. The van der Waals surface area contributed by atoms with Crippen LogP contribution in [0.2, 0.25) is 0 Å². The first kappa shape index (κ1) is 26.6. The average Bonchev–Trinajstić information content (AvgIpc) is 2.93. The molecule has 0 saturated heterocycles. The highest BCUT2D eigenvalue weighted by Gasteiger charge is 2.22. The summed E-state index contributed by atoms with van der Waals surface area (Å²) >= 11 is 7.11. The number of hydrogen-bond donors (Lipinski definition) is 0. The van der Waals surface area contributed by atoms with Crippen LogP contribution >= 0.6 is 31.9 Å². The minimum atomic E-state index is -0.147. The largest absolute Gasteiger partial charge is 0.490 e. The summed E-state index contributed by atoms with van der Waals surface area (Å²) < 4.78 is 15.3. The molecule has 0 amide bonds. The number of rotatable bonds is 8. The summed E-state index contributed by atoms with van der Waals surface area (Å²) in [6, 6.07) is 19.3. The van der Waals surface area contributed by atoms with Crippen LogP contribution in [0.25, 0.3) is 10.9 Å². The predicted octanol–water partition coefficient (Wildman–Crippen LogP) is 7.83. The lowest BCUT2D eigenvalue weighted by molar-refractivity contribution is 0.267. The van der Waals surface area contributed by atoms with E-state index < -0.39 is 0 Å². The normalized spacial score (nSPS) is 14.3. The molecule has 3 aromatic carbocycles. The molecule has 1 aromatic heterocycles. The fourth-order valence-electron chi connectivity index (χ4n) is 4.80. The van der Waals surface area contributed by atoms with E-state index in [1.807, 2.05) is 67.6 Å². The Bertz CT molecular complexity index is 1510. The highest BCUT2D eigenvalue weighted by atomic mass is 79.9. The molecular weight excluding hydrogens is 610 g/mol. The molecular formula is C30H29Br2N3O3. The van der Waals surface area contributed by atoms with Gasteiger partial charge in [-0.1, -0.05) is 59.5 Å². The molecule has 5 rings (SSSR count). The van der Waals surface area contributed by atoms with E-state index in [0.717, 1.165) is 57.1 Å². The van der Waals surface area contributed by atoms with Gasteiger partial charge >= 0.3 is 0 Å². The second-order valence-electron chi connectivity index (χ2n) is 9.36. The van der Waals surface area contributed by atoms with E-state index in [2.05, 4.69) is 37.0 Å². The topological polar surface area (TPSA) is 65.7 Å². The number of halogens is 2. The fourth-order valence-corrected chi connectivity index (χ4v) is 5.64. The maximum absolute atomic E-state index is 13.5. The smallest absolute Gasteiger partial charge is 0.282 e. The Hall–Kier alpha value is -2.97. The Labute approximate surface area is 239 Å². The zero-order chi connectivity index (χ0) is 26.5.